The highest BCUT2D eigenvalue weighted by atomic mass is 32.1. The molecule has 1 heterocycles. The fraction of sp³-hybridized carbons (Fsp3) is 0.298. The highest BCUT2D eigenvalue weighted by Gasteiger charge is 2.38. The third kappa shape index (κ3) is 7.85. The van der Waals surface area contributed by atoms with Crippen LogP contribution in [0.3, 0.4) is 0 Å². The number of nitrogens with zero attached hydrogens (tertiary/aromatic N) is 2. The molecule has 0 amide bonds. The van der Waals surface area contributed by atoms with E-state index in [4.69, 9.17) is 0 Å². The van der Waals surface area contributed by atoms with Crippen molar-refractivity contribution in [2.24, 2.45) is 0 Å². The lowest BCUT2D eigenvalue weighted by Gasteiger charge is -2.43. The molecular formula is C57H64N2S. The zero-order valence-corrected chi connectivity index (χ0v) is 38.7. The molecule has 60 heavy (non-hydrogen) atoms. The van der Waals surface area contributed by atoms with Crippen molar-refractivity contribution in [1.29, 1.82) is 0 Å². The number of fused-ring (bicyclic) bond motifs is 2. The summed E-state index contributed by atoms with van der Waals surface area (Å²) in [6.07, 6.45) is 10.6. The molecule has 0 radical (unpaired) electrons. The first-order valence-corrected chi connectivity index (χ1v) is 22.6. The number of benzene rings is 5. The predicted octanol–water partition coefficient (Wildman–Crippen LogP) is 17.1. The van der Waals surface area contributed by atoms with Crippen molar-refractivity contribution in [1.82, 2.24) is 0 Å². The Hall–Kier alpha value is -5.38. The van der Waals surface area contributed by atoms with Crippen LogP contribution in [-0.4, -0.2) is 5.54 Å². The minimum absolute atomic E-state index is 0.0900. The lowest BCUT2D eigenvalue weighted by Crippen LogP contribution is -2.42. The molecule has 2 nitrogen and oxygen atoms in total. The Labute approximate surface area is 365 Å². The number of anilines is 4. The molecule has 0 spiro atoms. The zero-order chi connectivity index (χ0) is 43.1. The average molecular weight is 809 g/mol. The molecule has 0 atom stereocenters. The fourth-order valence-corrected chi connectivity index (χ4v) is 10.7. The van der Waals surface area contributed by atoms with Crippen LogP contribution < -0.4 is 9.80 Å². The van der Waals surface area contributed by atoms with E-state index in [1.54, 1.807) is 0 Å². The summed E-state index contributed by atoms with van der Waals surface area (Å²) in [5.41, 5.74) is 17.0. The van der Waals surface area contributed by atoms with Gasteiger partial charge in [0.05, 0.1) is 11.2 Å². The second-order valence-electron chi connectivity index (χ2n) is 18.9. The monoisotopic (exact) mass is 808 g/mol. The van der Waals surface area contributed by atoms with Crippen LogP contribution in [-0.2, 0) is 10.8 Å². The maximum atomic E-state index is 4.38. The van der Waals surface area contributed by atoms with E-state index >= 15 is 0 Å². The third-order valence-electron chi connectivity index (χ3n) is 13.1. The Morgan fingerprint density at radius 2 is 1.38 bits per heavy atom. The van der Waals surface area contributed by atoms with E-state index in [9.17, 15) is 0 Å². The van der Waals surface area contributed by atoms with Gasteiger partial charge in [0.25, 0.3) is 0 Å². The summed E-state index contributed by atoms with van der Waals surface area (Å²) in [4.78, 5) is 4.99. The number of allylic oxidation sites excluding steroid dienone is 4. The minimum Gasteiger partial charge on any atom is -0.332 e. The maximum absolute atomic E-state index is 4.38. The van der Waals surface area contributed by atoms with Crippen LogP contribution >= 0.6 is 11.3 Å². The normalized spacial score (nSPS) is 15.2. The van der Waals surface area contributed by atoms with E-state index in [2.05, 4.69) is 220 Å². The van der Waals surface area contributed by atoms with Crippen LogP contribution in [0.5, 0.6) is 0 Å². The van der Waals surface area contributed by atoms with Gasteiger partial charge >= 0.3 is 0 Å². The van der Waals surface area contributed by atoms with Gasteiger partial charge in [-0.2, -0.15) is 0 Å². The smallest absolute Gasteiger partial charge is 0.0648 e. The van der Waals surface area contributed by atoms with Crippen LogP contribution in [0.2, 0.25) is 0 Å². The Morgan fingerprint density at radius 3 is 2.00 bits per heavy atom. The van der Waals surface area contributed by atoms with Gasteiger partial charge in [-0.05, 0) is 169 Å². The van der Waals surface area contributed by atoms with E-state index in [1.807, 2.05) is 23.5 Å². The number of hydrogen-bond acceptors (Lipinski definition) is 3. The molecule has 0 saturated heterocycles. The molecule has 1 aliphatic carbocycles. The molecule has 6 aromatic rings. The van der Waals surface area contributed by atoms with E-state index in [1.165, 1.54) is 73.0 Å². The number of hydrogen-bond donors (Lipinski definition) is 0. The third-order valence-corrected chi connectivity index (χ3v) is 14.0. The van der Waals surface area contributed by atoms with Gasteiger partial charge in [-0.3, -0.25) is 0 Å². The first kappa shape index (κ1) is 42.7. The highest BCUT2D eigenvalue weighted by molar-refractivity contribution is 7.17. The largest absolute Gasteiger partial charge is 0.332 e. The summed E-state index contributed by atoms with van der Waals surface area (Å²) in [7, 11) is 0. The van der Waals surface area contributed by atoms with Crippen LogP contribution in [0.1, 0.15) is 114 Å². The van der Waals surface area contributed by atoms with Gasteiger partial charge in [-0.25, -0.2) is 0 Å². The number of rotatable bonds is 12. The molecule has 0 N–H and O–H groups in total. The summed E-state index contributed by atoms with van der Waals surface area (Å²) in [6.45, 7) is 34.2. The van der Waals surface area contributed by atoms with E-state index in [-0.39, 0.29) is 16.7 Å². The molecule has 0 saturated carbocycles. The molecule has 5 aromatic carbocycles. The summed E-state index contributed by atoms with van der Waals surface area (Å²) in [6, 6.07) is 38.8. The Balaban J connectivity index is 1.52. The Bertz CT molecular complexity index is 2610. The van der Waals surface area contributed by atoms with Gasteiger partial charge in [-0.1, -0.05) is 128 Å². The molecule has 7 rings (SSSR count). The van der Waals surface area contributed by atoms with E-state index in [0.717, 1.165) is 28.4 Å². The molecule has 0 fully saturated rings. The lowest BCUT2D eigenvalue weighted by atomic mass is 9.63. The Kier molecular flexibility index (Phi) is 11.8. The molecule has 1 aromatic heterocycles. The van der Waals surface area contributed by atoms with Gasteiger partial charge in [0, 0.05) is 38.2 Å². The predicted molar refractivity (Wildman–Crippen MR) is 266 cm³/mol. The van der Waals surface area contributed by atoms with Crippen LogP contribution in [0, 0.1) is 13.8 Å². The van der Waals surface area contributed by atoms with Crippen molar-refractivity contribution in [3.63, 3.8) is 0 Å². The average Bonchev–Trinajstić information content (AvgIpc) is 3.62. The number of thiophene rings is 1. The summed E-state index contributed by atoms with van der Waals surface area (Å²) in [5, 5.41) is 3.62. The topological polar surface area (TPSA) is 6.48 Å². The lowest BCUT2D eigenvalue weighted by molar-refractivity contribution is 0.332. The molecule has 308 valence electrons. The minimum atomic E-state index is -0.474. The summed E-state index contributed by atoms with van der Waals surface area (Å²) < 4.78 is 1.31. The first-order valence-electron chi connectivity index (χ1n) is 21.7. The van der Waals surface area contributed by atoms with Crippen molar-refractivity contribution in [3.8, 4) is 11.1 Å². The molecule has 0 bridgehead atoms. The molecule has 3 heteroatoms. The fourth-order valence-electron chi connectivity index (χ4n) is 9.72. The quantitative estimate of drug-likeness (QED) is 0.114. The SMILES string of the molecule is C=C/C=C(\C=C)N(c1cc(C(C)C)cc(N(c2cccc(-c3c(C)cccc3C)c2)C(C)(C)/C(=C\C)c2ccccc2)c1)c1csc2cc3c(cc12)C(C)(C)CCC3(C)C. The first-order chi connectivity index (χ1) is 28.5. The Morgan fingerprint density at radius 1 is 0.750 bits per heavy atom. The standard InChI is InChI=1S/C57H64N2S/c1-14-22-44(15-2)58(52-37-60-53-36-51-50(35-48(52)53)55(8,9)29-30-56(51,10)11)46-32-43(38(4)5)33-47(34-46)59(57(12,13)49(16-3)41-25-18-17-19-26-41)45-28-21-27-42(31-45)54-39(6)23-20-24-40(54)7/h14-28,31-38H,1-2,29-30H2,3-13H3/b44-22+,49-16-. The highest BCUT2D eigenvalue weighted by Crippen LogP contribution is 2.51. The molecule has 0 aliphatic heterocycles. The number of aryl methyl sites for hydroxylation is 2. The summed E-state index contributed by atoms with van der Waals surface area (Å²) in [5.74, 6) is 0.275. The van der Waals surface area contributed by atoms with Gasteiger partial charge in [0.1, 0.15) is 0 Å². The van der Waals surface area contributed by atoms with Crippen LogP contribution in [0.15, 0.2) is 152 Å². The summed E-state index contributed by atoms with van der Waals surface area (Å²) >= 11 is 1.84. The van der Waals surface area contributed by atoms with Crippen molar-refractivity contribution in [2.75, 3.05) is 9.80 Å². The van der Waals surface area contributed by atoms with Crippen molar-refractivity contribution in [2.45, 2.75) is 111 Å². The van der Waals surface area contributed by atoms with E-state index in [0.29, 0.717) is 0 Å². The zero-order valence-electron chi connectivity index (χ0n) is 37.9. The van der Waals surface area contributed by atoms with Crippen molar-refractivity contribution in [3.05, 3.63) is 185 Å². The maximum Gasteiger partial charge on any atom is 0.0648 e. The second kappa shape index (κ2) is 16.6. The molecule has 1 aliphatic rings. The van der Waals surface area contributed by atoms with Gasteiger partial charge in [-0.15, -0.1) is 11.3 Å². The van der Waals surface area contributed by atoms with Crippen molar-refractivity contribution >= 4 is 49.7 Å². The van der Waals surface area contributed by atoms with E-state index < -0.39 is 5.54 Å². The molecular weight excluding hydrogens is 745 g/mol. The second-order valence-corrected chi connectivity index (χ2v) is 19.8. The van der Waals surface area contributed by atoms with Gasteiger partial charge in [0.15, 0.2) is 0 Å². The van der Waals surface area contributed by atoms with Crippen molar-refractivity contribution < 1.29 is 0 Å². The van der Waals surface area contributed by atoms with Crippen LogP contribution in [0.4, 0.5) is 22.7 Å². The van der Waals surface area contributed by atoms with Gasteiger partial charge < -0.3 is 9.80 Å². The van der Waals surface area contributed by atoms with Gasteiger partial charge in [0.2, 0.25) is 0 Å². The molecule has 0 unspecified atom stereocenters. The van der Waals surface area contributed by atoms with Crippen LogP contribution in [0.25, 0.3) is 26.8 Å².